The van der Waals surface area contributed by atoms with Crippen LogP contribution in [0.25, 0.3) is 0 Å². The van der Waals surface area contributed by atoms with Crippen LogP contribution >= 0.6 is 11.6 Å². The SMILES string of the molecule is NNC(c1ncccc1Cl)C1CCCCC1. The van der Waals surface area contributed by atoms with Crippen LogP contribution in [0.15, 0.2) is 18.3 Å². The van der Waals surface area contributed by atoms with E-state index in [0.717, 1.165) is 5.69 Å². The molecule has 88 valence electrons. The standard InChI is InChI=1S/C12H18ClN3/c13-10-7-4-8-15-12(10)11(16-14)9-5-2-1-3-6-9/h4,7-9,11,16H,1-3,5-6,14H2. The lowest BCUT2D eigenvalue weighted by atomic mass is 9.83. The smallest absolute Gasteiger partial charge is 0.0775 e. The van der Waals surface area contributed by atoms with Crippen LogP contribution in [0.4, 0.5) is 0 Å². The van der Waals surface area contributed by atoms with Crippen molar-refractivity contribution < 1.29 is 0 Å². The van der Waals surface area contributed by atoms with E-state index in [9.17, 15) is 0 Å². The number of nitrogens with zero attached hydrogens (tertiary/aromatic N) is 1. The zero-order valence-electron chi connectivity index (χ0n) is 9.32. The van der Waals surface area contributed by atoms with Crippen molar-refractivity contribution in [3.05, 3.63) is 29.0 Å². The number of nitrogens with two attached hydrogens (primary N) is 1. The molecule has 3 nitrogen and oxygen atoms in total. The number of rotatable bonds is 3. The summed E-state index contributed by atoms with van der Waals surface area (Å²) in [5.74, 6) is 6.22. The molecule has 0 amide bonds. The molecule has 1 aromatic rings. The molecule has 1 saturated carbocycles. The molecule has 0 aliphatic heterocycles. The summed E-state index contributed by atoms with van der Waals surface area (Å²) in [5.41, 5.74) is 3.77. The molecule has 0 saturated heterocycles. The Hall–Kier alpha value is -0.640. The van der Waals surface area contributed by atoms with Crippen molar-refractivity contribution in [2.24, 2.45) is 11.8 Å². The van der Waals surface area contributed by atoms with Crippen LogP contribution in [-0.2, 0) is 0 Å². The van der Waals surface area contributed by atoms with Crippen molar-refractivity contribution in [2.45, 2.75) is 38.1 Å². The van der Waals surface area contributed by atoms with Crippen LogP contribution < -0.4 is 11.3 Å². The molecule has 4 heteroatoms. The number of aromatic nitrogens is 1. The lowest BCUT2D eigenvalue weighted by molar-refractivity contribution is 0.270. The Morgan fingerprint density at radius 3 is 2.75 bits per heavy atom. The molecule has 16 heavy (non-hydrogen) atoms. The quantitative estimate of drug-likeness (QED) is 0.630. The zero-order chi connectivity index (χ0) is 11.4. The number of hydrogen-bond acceptors (Lipinski definition) is 3. The molecule has 3 N–H and O–H groups in total. The van der Waals surface area contributed by atoms with E-state index in [0.29, 0.717) is 10.9 Å². The Morgan fingerprint density at radius 1 is 1.38 bits per heavy atom. The second-order valence-corrected chi connectivity index (χ2v) is 4.82. The fourth-order valence-electron chi connectivity index (χ4n) is 2.53. The monoisotopic (exact) mass is 239 g/mol. The van der Waals surface area contributed by atoms with Gasteiger partial charge in [0, 0.05) is 6.20 Å². The maximum atomic E-state index is 6.16. The van der Waals surface area contributed by atoms with E-state index >= 15 is 0 Å². The topological polar surface area (TPSA) is 50.9 Å². The van der Waals surface area contributed by atoms with E-state index in [2.05, 4.69) is 10.4 Å². The van der Waals surface area contributed by atoms with Crippen LogP contribution in [-0.4, -0.2) is 4.98 Å². The predicted octanol–water partition coefficient (Wildman–Crippen LogP) is 2.82. The third-order valence-electron chi connectivity index (χ3n) is 3.38. The van der Waals surface area contributed by atoms with Crippen molar-refractivity contribution in [3.8, 4) is 0 Å². The Balaban J connectivity index is 2.18. The summed E-state index contributed by atoms with van der Waals surface area (Å²) in [6, 6.07) is 3.81. The van der Waals surface area contributed by atoms with Gasteiger partial charge in [-0.3, -0.25) is 16.3 Å². The molecule has 1 fully saturated rings. The summed E-state index contributed by atoms with van der Waals surface area (Å²) < 4.78 is 0. The molecule has 0 radical (unpaired) electrons. The van der Waals surface area contributed by atoms with Gasteiger partial charge in [-0.15, -0.1) is 0 Å². The highest BCUT2D eigenvalue weighted by Crippen LogP contribution is 2.35. The largest absolute Gasteiger partial charge is 0.271 e. The average Bonchev–Trinajstić information content (AvgIpc) is 2.34. The summed E-state index contributed by atoms with van der Waals surface area (Å²) in [7, 11) is 0. The summed E-state index contributed by atoms with van der Waals surface area (Å²) in [6.45, 7) is 0. The molecule has 1 aliphatic rings. The number of halogens is 1. The number of hydrazine groups is 1. The third-order valence-corrected chi connectivity index (χ3v) is 3.70. The molecule has 0 aromatic carbocycles. The van der Waals surface area contributed by atoms with Crippen LogP contribution in [0.1, 0.15) is 43.8 Å². The maximum absolute atomic E-state index is 6.16. The van der Waals surface area contributed by atoms with Gasteiger partial charge in [-0.2, -0.15) is 0 Å². The van der Waals surface area contributed by atoms with Gasteiger partial charge in [0.05, 0.1) is 16.8 Å². The van der Waals surface area contributed by atoms with Crippen LogP contribution in [0.3, 0.4) is 0 Å². The van der Waals surface area contributed by atoms with E-state index in [1.54, 1.807) is 6.20 Å². The van der Waals surface area contributed by atoms with Crippen molar-refractivity contribution in [1.82, 2.24) is 10.4 Å². The summed E-state index contributed by atoms with van der Waals surface area (Å²) in [4.78, 5) is 4.35. The van der Waals surface area contributed by atoms with Gasteiger partial charge >= 0.3 is 0 Å². The van der Waals surface area contributed by atoms with E-state index < -0.39 is 0 Å². The first-order chi connectivity index (χ1) is 7.83. The molecule has 0 bridgehead atoms. The molecular formula is C12H18ClN3. The Kier molecular flexibility index (Phi) is 4.16. The molecule has 1 atom stereocenters. The minimum atomic E-state index is 0.0917. The van der Waals surface area contributed by atoms with Crippen LogP contribution in [0, 0.1) is 5.92 Å². The summed E-state index contributed by atoms with van der Waals surface area (Å²) >= 11 is 6.16. The van der Waals surface area contributed by atoms with Crippen molar-refractivity contribution in [2.75, 3.05) is 0 Å². The van der Waals surface area contributed by atoms with Gasteiger partial charge in [0.2, 0.25) is 0 Å². The highest BCUT2D eigenvalue weighted by atomic mass is 35.5. The van der Waals surface area contributed by atoms with Gasteiger partial charge in [-0.05, 0) is 30.9 Å². The van der Waals surface area contributed by atoms with E-state index in [1.165, 1.54) is 32.1 Å². The maximum Gasteiger partial charge on any atom is 0.0775 e. The summed E-state index contributed by atoms with van der Waals surface area (Å²) in [6.07, 6.45) is 8.10. The van der Waals surface area contributed by atoms with Gasteiger partial charge in [-0.1, -0.05) is 30.9 Å². The second-order valence-electron chi connectivity index (χ2n) is 4.41. The van der Waals surface area contributed by atoms with Gasteiger partial charge in [-0.25, -0.2) is 0 Å². The first-order valence-corrected chi connectivity index (χ1v) is 6.27. The minimum Gasteiger partial charge on any atom is -0.271 e. The van der Waals surface area contributed by atoms with Gasteiger partial charge in [0.25, 0.3) is 0 Å². The summed E-state index contributed by atoms with van der Waals surface area (Å²) in [5, 5.41) is 0.705. The molecule has 1 heterocycles. The van der Waals surface area contributed by atoms with E-state index in [1.807, 2.05) is 12.1 Å². The highest BCUT2D eigenvalue weighted by Gasteiger charge is 2.26. The van der Waals surface area contributed by atoms with Gasteiger partial charge in [0.1, 0.15) is 0 Å². The number of nitrogens with one attached hydrogen (secondary N) is 1. The first-order valence-electron chi connectivity index (χ1n) is 5.89. The fourth-order valence-corrected chi connectivity index (χ4v) is 2.77. The Labute approximate surface area is 101 Å². The average molecular weight is 240 g/mol. The first kappa shape index (κ1) is 11.8. The van der Waals surface area contributed by atoms with Crippen molar-refractivity contribution in [1.29, 1.82) is 0 Å². The zero-order valence-corrected chi connectivity index (χ0v) is 10.1. The predicted molar refractivity (Wildman–Crippen MR) is 65.9 cm³/mol. The second kappa shape index (κ2) is 5.62. The van der Waals surface area contributed by atoms with Crippen molar-refractivity contribution >= 4 is 11.6 Å². The lowest BCUT2D eigenvalue weighted by Gasteiger charge is -2.29. The fraction of sp³-hybridized carbons (Fsp3) is 0.583. The lowest BCUT2D eigenvalue weighted by Crippen LogP contribution is -2.35. The van der Waals surface area contributed by atoms with Crippen LogP contribution in [0.2, 0.25) is 5.02 Å². The van der Waals surface area contributed by atoms with E-state index in [4.69, 9.17) is 17.4 Å². The Bertz CT molecular complexity index is 337. The Morgan fingerprint density at radius 2 is 2.12 bits per heavy atom. The molecule has 0 spiro atoms. The highest BCUT2D eigenvalue weighted by molar-refractivity contribution is 6.31. The number of pyridine rings is 1. The van der Waals surface area contributed by atoms with Gasteiger partial charge in [0.15, 0.2) is 0 Å². The molecule has 2 rings (SSSR count). The minimum absolute atomic E-state index is 0.0917. The van der Waals surface area contributed by atoms with Gasteiger partial charge < -0.3 is 0 Å². The molecule has 1 unspecified atom stereocenters. The van der Waals surface area contributed by atoms with Crippen LogP contribution in [0.5, 0.6) is 0 Å². The van der Waals surface area contributed by atoms with Crippen molar-refractivity contribution in [3.63, 3.8) is 0 Å². The number of hydrogen-bond donors (Lipinski definition) is 2. The molecular weight excluding hydrogens is 222 g/mol. The third kappa shape index (κ3) is 2.54. The van der Waals surface area contributed by atoms with E-state index in [-0.39, 0.29) is 6.04 Å². The normalized spacial score (nSPS) is 19.6. The molecule has 1 aromatic heterocycles. The molecule has 1 aliphatic carbocycles.